The summed E-state index contributed by atoms with van der Waals surface area (Å²) in [5, 5.41) is 2.98. The highest BCUT2D eigenvalue weighted by atomic mass is 32.1. The quantitative estimate of drug-likeness (QED) is 0.570. The van der Waals surface area contributed by atoms with E-state index in [0.29, 0.717) is 30.6 Å². The minimum Gasteiger partial charge on any atom is -0.487 e. The van der Waals surface area contributed by atoms with Crippen LogP contribution in [0.15, 0.2) is 42.0 Å². The fourth-order valence-corrected chi connectivity index (χ4v) is 4.34. The lowest BCUT2D eigenvalue weighted by atomic mass is 10.0. The molecule has 0 spiro atoms. The maximum Gasteiger partial charge on any atom is 0.339 e. The zero-order chi connectivity index (χ0) is 21.8. The molecule has 0 radical (unpaired) electrons. The molecule has 1 aliphatic heterocycles. The number of fused-ring (bicyclic) bond motifs is 1. The topological polar surface area (TPSA) is 90.4 Å². The van der Waals surface area contributed by atoms with E-state index >= 15 is 0 Å². The highest BCUT2D eigenvalue weighted by molar-refractivity contribution is 7.09. The van der Waals surface area contributed by atoms with Crippen molar-refractivity contribution in [3.8, 4) is 17.0 Å². The second kappa shape index (κ2) is 9.26. The largest absolute Gasteiger partial charge is 0.487 e. The summed E-state index contributed by atoms with van der Waals surface area (Å²) in [5.41, 5.74) is 5.86. The van der Waals surface area contributed by atoms with Gasteiger partial charge in [0.05, 0.1) is 36.1 Å². The van der Waals surface area contributed by atoms with Crippen molar-refractivity contribution in [1.82, 2.24) is 15.3 Å². The second-order valence-electron chi connectivity index (χ2n) is 7.33. The fraction of sp³-hybridized carbons (Fsp3) is 0.304. The van der Waals surface area contributed by atoms with Gasteiger partial charge in [-0.25, -0.2) is 9.78 Å². The summed E-state index contributed by atoms with van der Waals surface area (Å²) in [7, 11) is 1.34. The molecule has 1 N–H and O–H groups in total. The molecule has 1 unspecified atom stereocenters. The number of hydrogen-bond donors (Lipinski definition) is 1. The van der Waals surface area contributed by atoms with Gasteiger partial charge in [-0.3, -0.25) is 9.78 Å². The molecule has 2 aromatic heterocycles. The third-order valence-electron chi connectivity index (χ3n) is 5.24. The normalized spacial score (nSPS) is 14.6. The summed E-state index contributed by atoms with van der Waals surface area (Å²) in [6.07, 6.45) is 3.23. The van der Waals surface area contributed by atoms with Crippen LogP contribution >= 0.6 is 11.3 Å². The van der Waals surface area contributed by atoms with E-state index < -0.39 is 5.97 Å². The minimum atomic E-state index is -0.421. The second-order valence-corrected chi connectivity index (χ2v) is 8.27. The number of para-hydroxylation sites is 1. The van der Waals surface area contributed by atoms with E-state index in [-0.39, 0.29) is 12.0 Å². The molecule has 0 fully saturated rings. The monoisotopic (exact) mass is 437 g/mol. The van der Waals surface area contributed by atoms with E-state index in [1.807, 2.05) is 30.6 Å². The lowest BCUT2D eigenvalue weighted by Crippen LogP contribution is -2.34. The predicted octanol–water partition coefficient (Wildman–Crippen LogP) is 3.35. The number of amides is 1. The van der Waals surface area contributed by atoms with Crippen molar-refractivity contribution in [2.75, 3.05) is 13.7 Å². The zero-order valence-electron chi connectivity index (χ0n) is 17.4. The molecule has 3 aromatic rings. The van der Waals surface area contributed by atoms with Gasteiger partial charge >= 0.3 is 5.97 Å². The maximum atomic E-state index is 12.2. The Kier molecular flexibility index (Phi) is 6.27. The van der Waals surface area contributed by atoms with E-state index in [1.54, 1.807) is 23.5 Å². The number of ether oxygens (including phenoxy) is 2. The Balaban J connectivity index is 1.36. The number of aromatic nitrogens is 2. The fourth-order valence-electron chi connectivity index (χ4n) is 3.55. The molecule has 1 aliphatic rings. The Hall–Kier alpha value is -3.26. The first-order valence-electron chi connectivity index (χ1n) is 10.0. The predicted molar refractivity (Wildman–Crippen MR) is 117 cm³/mol. The van der Waals surface area contributed by atoms with Crippen LogP contribution in [0.3, 0.4) is 0 Å². The number of pyridine rings is 1. The van der Waals surface area contributed by atoms with Crippen molar-refractivity contribution >= 4 is 23.2 Å². The molecule has 7 nitrogen and oxygen atoms in total. The van der Waals surface area contributed by atoms with Gasteiger partial charge in [0.15, 0.2) is 0 Å². The molecule has 8 heteroatoms. The highest BCUT2D eigenvalue weighted by Crippen LogP contribution is 2.38. The zero-order valence-corrected chi connectivity index (χ0v) is 18.2. The Morgan fingerprint density at radius 1 is 1.26 bits per heavy atom. The Bertz CT molecular complexity index is 1090. The highest BCUT2D eigenvalue weighted by Gasteiger charge is 2.26. The number of benzene rings is 1. The average molecular weight is 438 g/mol. The van der Waals surface area contributed by atoms with Crippen molar-refractivity contribution in [2.45, 2.75) is 32.3 Å². The molecule has 1 atom stereocenters. The minimum absolute atomic E-state index is 0.00708. The first kappa shape index (κ1) is 21.0. The summed E-state index contributed by atoms with van der Waals surface area (Å²) in [4.78, 5) is 33.6. The van der Waals surface area contributed by atoms with Crippen molar-refractivity contribution in [1.29, 1.82) is 0 Å². The van der Waals surface area contributed by atoms with Crippen LogP contribution in [0.5, 0.6) is 5.75 Å². The smallest absolute Gasteiger partial charge is 0.339 e. The van der Waals surface area contributed by atoms with Gasteiger partial charge in [-0.2, -0.15) is 0 Å². The first-order valence-corrected chi connectivity index (χ1v) is 10.9. The summed E-state index contributed by atoms with van der Waals surface area (Å²) in [6.45, 7) is 2.41. The molecule has 31 heavy (non-hydrogen) atoms. The molecule has 1 aromatic carbocycles. The maximum absolute atomic E-state index is 12.2. The van der Waals surface area contributed by atoms with E-state index in [0.717, 1.165) is 33.9 Å². The molecular weight excluding hydrogens is 414 g/mol. The molecule has 160 valence electrons. The number of carbonyl (C=O) groups excluding carboxylic acids is 2. The summed E-state index contributed by atoms with van der Waals surface area (Å²) >= 11 is 1.58. The third kappa shape index (κ3) is 4.74. The molecule has 0 saturated heterocycles. The Morgan fingerprint density at radius 3 is 2.84 bits per heavy atom. The van der Waals surface area contributed by atoms with Gasteiger partial charge in [0.25, 0.3) is 0 Å². The van der Waals surface area contributed by atoms with Crippen molar-refractivity contribution in [3.63, 3.8) is 0 Å². The number of esters is 1. The van der Waals surface area contributed by atoms with Gasteiger partial charge < -0.3 is 14.8 Å². The van der Waals surface area contributed by atoms with Crippen LogP contribution in [0.1, 0.15) is 32.9 Å². The number of nitrogens with zero attached hydrogens (tertiary/aromatic N) is 2. The lowest BCUT2D eigenvalue weighted by Gasteiger charge is -2.13. The van der Waals surface area contributed by atoms with Crippen LogP contribution in [-0.2, 0) is 22.4 Å². The van der Waals surface area contributed by atoms with E-state index in [9.17, 15) is 9.59 Å². The number of thiazole rings is 1. The van der Waals surface area contributed by atoms with Crippen molar-refractivity contribution in [2.24, 2.45) is 0 Å². The van der Waals surface area contributed by atoms with Gasteiger partial charge in [0.2, 0.25) is 5.91 Å². The van der Waals surface area contributed by atoms with Crippen molar-refractivity contribution < 1.29 is 19.1 Å². The van der Waals surface area contributed by atoms with Gasteiger partial charge in [-0.05, 0) is 37.1 Å². The molecule has 0 aliphatic carbocycles. The SMILES string of the molecule is COC(=O)c1ccc(-c2cccc3c2OC(CNC(=O)CCc2scnc2C)C3)nc1. The molecule has 3 heterocycles. The standard InChI is InChI=1S/C23H23N3O4S/c1-14-20(31-13-26-14)8-9-21(27)25-12-17-10-15-4-3-5-18(22(15)30-17)19-7-6-16(11-24-19)23(28)29-2/h3-7,11,13,17H,8-10,12H2,1-2H3,(H,25,27). The molecular formula is C23H23N3O4S. The first-order chi connectivity index (χ1) is 15.0. The lowest BCUT2D eigenvalue weighted by molar-refractivity contribution is -0.121. The van der Waals surface area contributed by atoms with E-state index in [1.165, 1.54) is 13.3 Å². The average Bonchev–Trinajstić information content (AvgIpc) is 3.41. The van der Waals surface area contributed by atoms with Gasteiger partial charge in [0, 0.05) is 29.5 Å². The summed E-state index contributed by atoms with van der Waals surface area (Å²) in [6, 6.07) is 9.39. The van der Waals surface area contributed by atoms with Gasteiger partial charge in [-0.1, -0.05) is 12.1 Å². The van der Waals surface area contributed by atoms with Crippen LogP contribution in [0.4, 0.5) is 0 Å². The third-order valence-corrected chi connectivity index (χ3v) is 6.23. The molecule has 4 rings (SSSR count). The van der Waals surface area contributed by atoms with Crippen LogP contribution in [0.25, 0.3) is 11.3 Å². The number of carbonyl (C=O) groups is 2. The number of rotatable bonds is 7. The molecule has 0 bridgehead atoms. The van der Waals surface area contributed by atoms with Crippen LogP contribution in [0, 0.1) is 6.92 Å². The van der Waals surface area contributed by atoms with E-state index in [2.05, 4.69) is 15.3 Å². The molecule has 1 amide bonds. The number of nitrogens with one attached hydrogen (secondary N) is 1. The van der Waals surface area contributed by atoms with Crippen LogP contribution in [0.2, 0.25) is 0 Å². The Morgan fingerprint density at radius 2 is 2.13 bits per heavy atom. The van der Waals surface area contributed by atoms with Crippen molar-refractivity contribution in [3.05, 3.63) is 63.7 Å². The summed E-state index contributed by atoms with van der Waals surface area (Å²) in [5.74, 6) is 0.364. The molecule has 0 saturated carbocycles. The number of aryl methyl sites for hydroxylation is 2. The van der Waals surface area contributed by atoms with Crippen LogP contribution < -0.4 is 10.1 Å². The number of hydrogen-bond acceptors (Lipinski definition) is 7. The Labute approximate surface area is 184 Å². The number of methoxy groups -OCH3 is 1. The van der Waals surface area contributed by atoms with Gasteiger partial charge in [0.1, 0.15) is 11.9 Å². The van der Waals surface area contributed by atoms with E-state index in [4.69, 9.17) is 9.47 Å². The van der Waals surface area contributed by atoms with Gasteiger partial charge in [-0.15, -0.1) is 11.3 Å². The van der Waals surface area contributed by atoms with Crippen LogP contribution in [-0.4, -0.2) is 41.6 Å². The summed E-state index contributed by atoms with van der Waals surface area (Å²) < 4.78 is 10.9.